The normalized spacial score (nSPS) is 15.6. The zero-order valence-electron chi connectivity index (χ0n) is 9.26. The van der Waals surface area contributed by atoms with Crippen molar-refractivity contribution < 1.29 is 13.6 Å². The van der Waals surface area contributed by atoms with Crippen LogP contribution in [-0.4, -0.2) is 18.4 Å². The van der Waals surface area contributed by atoms with Gasteiger partial charge in [0.2, 0.25) is 0 Å². The summed E-state index contributed by atoms with van der Waals surface area (Å²) in [6.07, 6.45) is 0.357. The van der Waals surface area contributed by atoms with Crippen LogP contribution in [0.25, 0.3) is 0 Å². The number of benzene rings is 1. The number of hydrogen-bond acceptors (Lipinski definition) is 2. The number of rotatable bonds is 1. The van der Waals surface area contributed by atoms with Crippen LogP contribution in [0.1, 0.15) is 30.6 Å². The molecule has 0 N–H and O–H groups in total. The molecule has 0 amide bonds. The zero-order valence-corrected chi connectivity index (χ0v) is 9.26. The number of carbonyl (C=O) groups excluding carboxylic acids is 1. The number of anilines is 1. The summed E-state index contributed by atoms with van der Waals surface area (Å²) in [5, 5.41) is 0. The van der Waals surface area contributed by atoms with Gasteiger partial charge < -0.3 is 4.90 Å². The van der Waals surface area contributed by atoms with Gasteiger partial charge >= 0.3 is 0 Å². The smallest absolute Gasteiger partial charge is 0.166 e. The third-order valence-electron chi connectivity index (χ3n) is 2.85. The number of ketones is 1. The molecule has 1 aromatic carbocycles. The Hall–Kier alpha value is -1.45. The van der Waals surface area contributed by atoms with E-state index in [1.165, 1.54) is 0 Å². The first-order valence-electron chi connectivity index (χ1n) is 5.29. The van der Waals surface area contributed by atoms with Gasteiger partial charge in [0.1, 0.15) is 0 Å². The highest BCUT2D eigenvalue weighted by atomic mass is 19.2. The van der Waals surface area contributed by atoms with Crippen molar-refractivity contribution in [3.8, 4) is 0 Å². The van der Waals surface area contributed by atoms with Crippen LogP contribution in [0.5, 0.6) is 0 Å². The second kappa shape index (κ2) is 3.85. The van der Waals surface area contributed by atoms with Gasteiger partial charge in [-0.15, -0.1) is 0 Å². The van der Waals surface area contributed by atoms with Gasteiger partial charge in [-0.25, -0.2) is 8.78 Å². The Kier molecular flexibility index (Phi) is 2.66. The summed E-state index contributed by atoms with van der Waals surface area (Å²) >= 11 is 0. The molecule has 0 aromatic heterocycles. The molecule has 0 spiro atoms. The summed E-state index contributed by atoms with van der Waals surface area (Å²) in [6, 6.07) is 2.28. The molecule has 2 nitrogen and oxygen atoms in total. The molecule has 0 bridgehead atoms. The second-order valence-electron chi connectivity index (χ2n) is 4.24. The van der Waals surface area contributed by atoms with Crippen LogP contribution in [0.2, 0.25) is 0 Å². The Balaban J connectivity index is 2.57. The summed E-state index contributed by atoms with van der Waals surface area (Å²) in [4.78, 5) is 13.5. The first-order chi connectivity index (χ1) is 7.50. The molecule has 1 heterocycles. The van der Waals surface area contributed by atoms with Gasteiger partial charge in [0.25, 0.3) is 0 Å². The highest BCUT2D eigenvalue weighted by Crippen LogP contribution is 2.30. The predicted octanol–water partition coefficient (Wildman–Crippen LogP) is 2.77. The summed E-state index contributed by atoms with van der Waals surface area (Å²) in [6.45, 7) is 4.48. The fourth-order valence-corrected chi connectivity index (χ4v) is 2.01. The van der Waals surface area contributed by atoms with Crippen LogP contribution in [0.15, 0.2) is 12.1 Å². The quantitative estimate of drug-likeness (QED) is 0.732. The zero-order chi connectivity index (χ0) is 11.9. The molecule has 0 aliphatic carbocycles. The average molecular weight is 225 g/mol. The van der Waals surface area contributed by atoms with E-state index < -0.39 is 11.6 Å². The standard InChI is InChI=1S/C12H13F2NO/c1-7(2)15-4-3-12(16)8-5-9(13)10(14)6-11(8)15/h5-7H,3-4H2,1-2H3. The highest BCUT2D eigenvalue weighted by molar-refractivity contribution is 6.03. The molecule has 0 atom stereocenters. The summed E-state index contributed by atoms with van der Waals surface area (Å²) in [5.74, 6) is -1.98. The lowest BCUT2D eigenvalue weighted by molar-refractivity contribution is 0.0978. The van der Waals surface area contributed by atoms with Gasteiger partial charge in [0.05, 0.1) is 5.69 Å². The van der Waals surface area contributed by atoms with Crippen molar-refractivity contribution in [1.29, 1.82) is 0 Å². The summed E-state index contributed by atoms with van der Waals surface area (Å²) < 4.78 is 26.2. The fourth-order valence-electron chi connectivity index (χ4n) is 2.01. The van der Waals surface area contributed by atoms with Gasteiger partial charge in [-0.05, 0) is 19.9 Å². The molecule has 16 heavy (non-hydrogen) atoms. The minimum absolute atomic E-state index is 0.120. The SMILES string of the molecule is CC(C)N1CCC(=O)c2cc(F)c(F)cc21. The van der Waals surface area contributed by atoms with Gasteiger partial charge in [-0.2, -0.15) is 0 Å². The van der Waals surface area contributed by atoms with Crippen molar-refractivity contribution in [2.75, 3.05) is 11.4 Å². The van der Waals surface area contributed by atoms with Crippen LogP contribution in [0, 0.1) is 11.6 Å². The number of carbonyl (C=O) groups is 1. The van der Waals surface area contributed by atoms with Crippen molar-refractivity contribution in [2.24, 2.45) is 0 Å². The fraction of sp³-hybridized carbons (Fsp3) is 0.417. The maximum absolute atomic E-state index is 13.2. The Morgan fingerprint density at radius 3 is 2.50 bits per heavy atom. The molecule has 0 fully saturated rings. The van der Waals surface area contributed by atoms with E-state index in [0.29, 0.717) is 24.2 Å². The molecule has 0 saturated carbocycles. The van der Waals surface area contributed by atoms with Crippen LogP contribution in [-0.2, 0) is 0 Å². The van der Waals surface area contributed by atoms with E-state index in [2.05, 4.69) is 0 Å². The van der Waals surface area contributed by atoms with E-state index in [0.717, 1.165) is 12.1 Å². The topological polar surface area (TPSA) is 20.3 Å². The maximum Gasteiger partial charge on any atom is 0.166 e. The van der Waals surface area contributed by atoms with E-state index in [1.807, 2.05) is 18.7 Å². The number of Topliss-reactive ketones (excluding diaryl/α,β-unsaturated/α-hetero) is 1. The summed E-state index contributed by atoms with van der Waals surface area (Å²) in [7, 11) is 0. The molecule has 2 rings (SSSR count). The molecule has 1 aliphatic rings. The van der Waals surface area contributed by atoms with E-state index in [-0.39, 0.29) is 11.8 Å². The molecule has 1 aromatic rings. The minimum atomic E-state index is -0.960. The lowest BCUT2D eigenvalue weighted by Crippen LogP contribution is -2.37. The van der Waals surface area contributed by atoms with Crippen LogP contribution in [0.3, 0.4) is 0 Å². The predicted molar refractivity (Wildman–Crippen MR) is 57.8 cm³/mol. The molecule has 86 valence electrons. The first kappa shape index (κ1) is 11.0. The molecular formula is C12H13F2NO. The lowest BCUT2D eigenvalue weighted by atomic mass is 9.99. The minimum Gasteiger partial charge on any atom is -0.368 e. The van der Waals surface area contributed by atoms with Crippen molar-refractivity contribution in [1.82, 2.24) is 0 Å². The van der Waals surface area contributed by atoms with Gasteiger partial charge in [0, 0.05) is 30.6 Å². The monoisotopic (exact) mass is 225 g/mol. The van der Waals surface area contributed by atoms with Crippen LogP contribution < -0.4 is 4.90 Å². The van der Waals surface area contributed by atoms with Crippen molar-refractivity contribution in [2.45, 2.75) is 26.3 Å². The molecule has 0 unspecified atom stereocenters. The average Bonchev–Trinajstić information content (AvgIpc) is 2.21. The number of nitrogens with zero attached hydrogens (tertiary/aromatic N) is 1. The third kappa shape index (κ3) is 1.68. The van der Waals surface area contributed by atoms with Crippen molar-refractivity contribution in [3.05, 3.63) is 29.3 Å². The molecule has 1 aliphatic heterocycles. The molecular weight excluding hydrogens is 212 g/mol. The largest absolute Gasteiger partial charge is 0.368 e. The first-order valence-corrected chi connectivity index (χ1v) is 5.29. The number of fused-ring (bicyclic) bond motifs is 1. The van der Waals surface area contributed by atoms with Gasteiger partial charge in [-0.1, -0.05) is 0 Å². The molecule has 0 radical (unpaired) electrons. The number of hydrogen-bond donors (Lipinski definition) is 0. The Bertz CT molecular complexity index is 443. The number of halogens is 2. The van der Waals surface area contributed by atoms with E-state index in [9.17, 15) is 13.6 Å². The Labute approximate surface area is 92.9 Å². The Morgan fingerprint density at radius 2 is 1.88 bits per heavy atom. The third-order valence-corrected chi connectivity index (χ3v) is 2.85. The van der Waals surface area contributed by atoms with Crippen molar-refractivity contribution >= 4 is 11.5 Å². The van der Waals surface area contributed by atoms with Crippen LogP contribution >= 0.6 is 0 Å². The highest BCUT2D eigenvalue weighted by Gasteiger charge is 2.26. The van der Waals surface area contributed by atoms with Gasteiger partial charge in [0.15, 0.2) is 17.4 Å². The maximum atomic E-state index is 13.2. The molecule has 4 heteroatoms. The van der Waals surface area contributed by atoms with E-state index in [1.54, 1.807) is 0 Å². The van der Waals surface area contributed by atoms with Crippen LogP contribution in [0.4, 0.5) is 14.5 Å². The molecule has 0 saturated heterocycles. The summed E-state index contributed by atoms with van der Waals surface area (Å²) in [5.41, 5.74) is 0.795. The Morgan fingerprint density at radius 1 is 1.25 bits per heavy atom. The van der Waals surface area contributed by atoms with E-state index in [4.69, 9.17) is 0 Å². The second-order valence-corrected chi connectivity index (χ2v) is 4.24. The van der Waals surface area contributed by atoms with E-state index >= 15 is 0 Å². The van der Waals surface area contributed by atoms with Gasteiger partial charge in [-0.3, -0.25) is 4.79 Å². The van der Waals surface area contributed by atoms with Crippen molar-refractivity contribution in [3.63, 3.8) is 0 Å². The lowest BCUT2D eigenvalue weighted by Gasteiger charge is -2.33.